The number of hydrogen-bond acceptors (Lipinski definition) is 1. The zero-order chi connectivity index (χ0) is 18.2. The number of likely N-dealkylation sites (tertiary alicyclic amines) is 1. The summed E-state index contributed by atoms with van der Waals surface area (Å²) in [5.74, 6) is 1.60. The highest BCUT2D eigenvalue weighted by molar-refractivity contribution is 5.79. The predicted molar refractivity (Wildman–Crippen MR) is 103 cm³/mol. The van der Waals surface area contributed by atoms with E-state index in [4.69, 9.17) is 0 Å². The van der Waals surface area contributed by atoms with Crippen molar-refractivity contribution in [2.24, 2.45) is 28.1 Å². The predicted octanol–water partition coefficient (Wildman–Crippen LogP) is 5.90. The van der Waals surface area contributed by atoms with Crippen LogP contribution in [0.25, 0.3) is 0 Å². The van der Waals surface area contributed by atoms with E-state index in [9.17, 15) is 4.79 Å². The van der Waals surface area contributed by atoms with Gasteiger partial charge in [-0.2, -0.15) is 0 Å². The van der Waals surface area contributed by atoms with Crippen LogP contribution in [0.3, 0.4) is 0 Å². The molecule has 2 heteroatoms. The monoisotopic (exact) mass is 335 g/mol. The number of carbonyl (C=O) groups excluding carboxylic acids is 1. The van der Waals surface area contributed by atoms with Crippen LogP contribution in [-0.4, -0.2) is 23.9 Å². The molecular formula is C22H41NO. The summed E-state index contributed by atoms with van der Waals surface area (Å²) in [4.78, 5) is 15.1. The Kier molecular flexibility index (Phi) is 5.77. The highest BCUT2D eigenvalue weighted by atomic mass is 16.2. The van der Waals surface area contributed by atoms with E-state index in [0.717, 1.165) is 44.7 Å². The first-order valence-corrected chi connectivity index (χ1v) is 10.2. The summed E-state index contributed by atoms with van der Waals surface area (Å²) in [7, 11) is 0. The van der Waals surface area contributed by atoms with Crippen LogP contribution in [0.2, 0.25) is 0 Å². The normalized spacial score (nSPS) is 28.7. The molecule has 0 N–H and O–H groups in total. The number of amides is 1. The highest BCUT2D eigenvalue weighted by Crippen LogP contribution is 2.46. The molecule has 0 spiro atoms. The molecule has 0 radical (unpaired) electrons. The van der Waals surface area contributed by atoms with Gasteiger partial charge in [-0.25, -0.2) is 0 Å². The second-order valence-corrected chi connectivity index (χ2v) is 11.1. The summed E-state index contributed by atoms with van der Waals surface area (Å²) in [6.07, 6.45) is 8.35. The largest absolute Gasteiger partial charge is 0.342 e. The number of carbonyl (C=O) groups is 1. The maximum absolute atomic E-state index is 12.9. The van der Waals surface area contributed by atoms with Crippen LogP contribution < -0.4 is 0 Å². The number of rotatable bonds is 2. The van der Waals surface area contributed by atoms with Gasteiger partial charge >= 0.3 is 0 Å². The van der Waals surface area contributed by atoms with Crippen LogP contribution >= 0.6 is 0 Å². The molecule has 2 nitrogen and oxygen atoms in total. The molecule has 0 aromatic rings. The molecule has 2 fully saturated rings. The Morgan fingerprint density at radius 1 is 0.958 bits per heavy atom. The van der Waals surface area contributed by atoms with Crippen molar-refractivity contribution in [1.82, 2.24) is 4.90 Å². The van der Waals surface area contributed by atoms with Crippen LogP contribution in [0, 0.1) is 28.1 Å². The summed E-state index contributed by atoms with van der Waals surface area (Å²) in [5, 5.41) is 0. The van der Waals surface area contributed by atoms with E-state index in [1.165, 1.54) is 19.3 Å². The van der Waals surface area contributed by atoms with Gasteiger partial charge in [-0.3, -0.25) is 4.79 Å². The summed E-state index contributed by atoms with van der Waals surface area (Å²) >= 11 is 0. The second-order valence-electron chi connectivity index (χ2n) is 11.1. The lowest BCUT2D eigenvalue weighted by atomic mass is 9.63. The molecule has 0 unspecified atom stereocenters. The van der Waals surface area contributed by atoms with Gasteiger partial charge in [-0.05, 0) is 67.1 Å². The fourth-order valence-electron chi connectivity index (χ4n) is 4.71. The minimum Gasteiger partial charge on any atom is -0.342 e. The van der Waals surface area contributed by atoms with Crippen LogP contribution in [-0.2, 0) is 4.79 Å². The molecule has 1 amide bonds. The summed E-state index contributed by atoms with van der Waals surface area (Å²) in [5.41, 5.74) is 1.12. The molecule has 0 aromatic carbocycles. The Morgan fingerprint density at radius 2 is 1.46 bits per heavy atom. The molecule has 1 aliphatic heterocycles. The first-order chi connectivity index (χ1) is 10.9. The third-order valence-corrected chi connectivity index (χ3v) is 7.09. The lowest BCUT2D eigenvalue weighted by molar-refractivity contribution is -0.140. The highest BCUT2D eigenvalue weighted by Gasteiger charge is 2.41. The first kappa shape index (κ1) is 19.8. The van der Waals surface area contributed by atoms with Crippen molar-refractivity contribution in [2.75, 3.05) is 13.1 Å². The molecule has 1 aliphatic carbocycles. The van der Waals surface area contributed by atoms with E-state index in [0.29, 0.717) is 28.1 Å². The topological polar surface area (TPSA) is 20.3 Å². The van der Waals surface area contributed by atoms with E-state index in [2.05, 4.69) is 53.4 Å². The fourth-order valence-corrected chi connectivity index (χ4v) is 4.71. The lowest BCUT2D eigenvalue weighted by Crippen LogP contribution is -2.48. The van der Waals surface area contributed by atoms with E-state index in [1.807, 2.05) is 0 Å². The SMILES string of the molecule is CC(C)(C)CC1CCC(C(=O)N2CCC(C)(C(C)(C)C)CC2)CC1. The number of hydrogen-bond donors (Lipinski definition) is 0. The summed E-state index contributed by atoms with van der Waals surface area (Å²) in [6, 6.07) is 0. The molecule has 0 atom stereocenters. The van der Waals surface area contributed by atoms with Crippen molar-refractivity contribution in [3.63, 3.8) is 0 Å². The summed E-state index contributed by atoms with van der Waals surface area (Å²) in [6.45, 7) is 18.4. The Labute approximate surface area is 150 Å². The molecule has 0 bridgehead atoms. The van der Waals surface area contributed by atoms with Gasteiger partial charge in [0, 0.05) is 19.0 Å². The first-order valence-electron chi connectivity index (χ1n) is 10.2. The Morgan fingerprint density at radius 3 is 1.88 bits per heavy atom. The third kappa shape index (κ3) is 4.76. The molecule has 2 rings (SSSR count). The average molecular weight is 336 g/mol. The average Bonchev–Trinajstić information content (AvgIpc) is 2.45. The van der Waals surface area contributed by atoms with E-state index in [1.54, 1.807) is 0 Å². The zero-order valence-electron chi connectivity index (χ0n) is 17.4. The molecule has 140 valence electrons. The van der Waals surface area contributed by atoms with Crippen molar-refractivity contribution in [3.8, 4) is 0 Å². The lowest BCUT2D eigenvalue weighted by Gasteiger charge is -2.48. The summed E-state index contributed by atoms with van der Waals surface area (Å²) < 4.78 is 0. The van der Waals surface area contributed by atoms with Gasteiger partial charge in [-0.1, -0.05) is 48.5 Å². The van der Waals surface area contributed by atoms with Crippen molar-refractivity contribution in [3.05, 3.63) is 0 Å². The Balaban J connectivity index is 1.82. The van der Waals surface area contributed by atoms with Crippen LogP contribution in [0.15, 0.2) is 0 Å². The maximum atomic E-state index is 12.9. The number of piperidine rings is 1. The fraction of sp³-hybridized carbons (Fsp3) is 0.955. The maximum Gasteiger partial charge on any atom is 0.225 e. The standard InChI is InChI=1S/C22H41NO/c1-20(2,3)16-17-8-10-18(11-9-17)19(24)23-14-12-22(7,13-15-23)21(4,5)6/h17-18H,8-16H2,1-7H3. The van der Waals surface area contributed by atoms with Gasteiger partial charge in [0.25, 0.3) is 0 Å². The molecule has 1 saturated carbocycles. The van der Waals surface area contributed by atoms with Crippen molar-refractivity contribution in [2.45, 2.75) is 93.4 Å². The smallest absolute Gasteiger partial charge is 0.225 e. The van der Waals surface area contributed by atoms with Gasteiger partial charge in [0.2, 0.25) is 5.91 Å². The van der Waals surface area contributed by atoms with E-state index >= 15 is 0 Å². The minimum absolute atomic E-state index is 0.306. The molecule has 24 heavy (non-hydrogen) atoms. The third-order valence-electron chi connectivity index (χ3n) is 7.09. The number of nitrogens with zero attached hydrogens (tertiary/aromatic N) is 1. The zero-order valence-corrected chi connectivity index (χ0v) is 17.4. The molecule has 2 aliphatic rings. The van der Waals surface area contributed by atoms with Gasteiger partial charge in [-0.15, -0.1) is 0 Å². The minimum atomic E-state index is 0.306. The van der Waals surface area contributed by atoms with Crippen LogP contribution in [0.1, 0.15) is 93.4 Å². The van der Waals surface area contributed by atoms with Gasteiger partial charge < -0.3 is 4.90 Å². The quantitative estimate of drug-likeness (QED) is 0.615. The second kappa shape index (κ2) is 7.00. The van der Waals surface area contributed by atoms with Gasteiger partial charge in [0.05, 0.1) is 0 Å². The molecule has 1 heterocycles. The van der Waals surface area contributed by atoms with E-state index < -0.39 is 0 Å². The van der Waals surface area contributed by atoms with Crippen LogP contribution in [0.4, 0.5) is 0 Å². The van der Waals surface area contributed by atoms with Gasteiger partial charge in [0.15, 0.2) is 0 Å². The van der Waals surface area contributed by atoms with Crippen molar-refractivity contribution < 1.29 is 4.79 Å². The van der Waals surface area contributed by atoms with Crippen molar-refractivity contribution in [1.29, 1.82) is 0 Å². The Hall–Kier alpha value is -0.530. The Bertz CT molecular complexity index is 424. The van der Waals surface area contributed by atoms with Gasteiger partial charge in [0.1, 0.15) is 0 Å². The molecular weight excluding hydrogens is 294 g/mol. The van der Waals surface area contributed by atoms with Crippen molar-refractivity contribution >= 4 is 5.91 Å². The molecule has 0 aromatic heterocycles. The van der Waals surface area contributed by atoms with E-state index in [-0.39, 0.29) is 0 Å². The van der Waals surface area contributed by atoms with Crippen LogP contribution in [0.5, 0.6) is 0 Å². The molecule has 1 saturated heterocycles.